The van der Waals surface area contributed by atoms with Crippen molar-refractivity contribution in [2.75, 3.05) is 12.0 Å². The molecule has 0 aliphatic rings. The lowest BCUT2D eigenvalue weighted by Crippen LogP contribution is -2.58. The predicted octanol–water partition coefficient (Wildman–Crippen LogP) is 3.00. The maximum absolute atomic E-state index is 14.0. The van der Waals surface area contributed by atoms with Crippen LogP contribution in [-0.2, 0) is 38.4 Å². The molecule has 0 radical (unpaired) electrons. The van der Waals surface area contributed by atoms with Crippen molar-refractivity contribution in [3.05, 3.63) is 102 Å². The zero-order chi connectivity index (χ0) is 34.9. The second-order valence-corrected chi connectivity index (χ2v) is 12.9. The number of hydrogen-bond acceptors (Lipinski definition) is 7. The molecule has 4 atom stereocenters. The number of amides is 3. The van der Waals surface area contributed by atoms with Crippen molar-refractivity contribution >= 4 is 57.3 Å². The van der Waals surface area contributed by atoms with E-state index in [1.807, 2.05) is 61.0 Å². The highest BCUT2D eigenvalue weighted by Crippen LogP contribution is 2.21. The largest absolute Gasteiger partial charge is 0.508 e. The van der Waals surface area contributed by atoms with Crippen molar-refractivity contribution in [1.82, 2.24) is 25.9 Å². The molecule has 0 saturated heterocycles. The molecule has 5 rings (SSSR count). The zero-order valence-electron chi connectivity index (χ0n) is 26.9. The third kappa shape index (κ3) is 9.00. The number of hydrogen-bond donors (Lipinski definition) is 8. The van der Waals surface area contributed by atoms with E-state index in [0.29, 0.717) is 11.3 Å². The number of phenolic OH excluding ortho intramolecular Hbond substituents is 1. The molecule has 5 aromatic rings. The molecule has 2 aromatic heterocycles. The molecule has 3 amide bonds. The van der Waals surface area contributed by atoms with E-state index in [2.05, 4.69) is 25.9 Å². The van der Waals surface area contributed by atoms with Gasteiger partial charge < -0.3 is 41.9 Å². The number of aliphatic carboxylic acids is 1. The number of rotatable bonds is 16. The van der Waals surface area contributed by atoms with E-state index in [9.17, 15) is 29.4 Å². The van der Waals surface area contributed by atoms with Crippen LogP contribution in [0.2, 0.25) is 0 Å². The van der Waals surface area contributed by atoms with E-state index in [-0.39, 0.29) is 31.4 Å². The summed E-state index contributed by atoms with van der Waals surface area (Å²) in [5.74, 6) is -2.51. The molecule has 0 saturated carbocycles. The number of aromatic amines is 2. The number of aromatic nitrogens is 2. The Hall–Kier alpha value is -5.27. The number of nitrogens with one attached hydrogen (secondary N) is 5. The number of para-hydroxylation sites is 2. The number of H-pyrrole nitrogens is 2. The van der Waals surface area contributed by atoms with Crippen LogP contribution in [-0.4, -0.2) is 80.0 Å². The van der Waals surface area contributed by atoms with Crippen LogP contribution in [0.25, 0.3) is 21.8 Å². The van der Waals surface area contributed by atoms with E-state index < -0.39 is 47.9 Å². The summed E-state index contributed by atoms with van der Waals surface area (Å²) in [6.07, 6.45) is 5.98. The molecular formula is C36H40N6O6S. The summed E-state index contributed by atoms with van der Waals surface area (Å²) in [4.78, 5) is 59.5. The van der Waals surface area contributed by atoms with Crippen LogP contribution in [0.3, 0.4) is 0 Å². The summed E-state index contributed by atoms with van der Waals surface area (Å²) in [6.45, 7) is 0. The van der Waals surface area contributed by atoms with Gasteiger partial charge in [0.25, 0.3) is 0 Å². The Morgan fingerprint density at radius 3 is 1.84 bits per heavy atom. The third-order valence-corrected chi connectivity index (χ3v) is 9.06. The van der Waals surface area contributed by atoms with E-state index in [0.717, 1.165) is 32.9 Å². The minimum atomic E-state index is -1.28. The molecule has 0 aliphatic heterocycles. The molecule has 0 aliphatic carbocycles. The summed E-state index contributed by atoms with van der Waals surface area (Å²) in [6, 6.07) is 16.9. The first-order valence-electron chi connectivity index (χ1n) is 15.9. The summed E-state index contributed by atoms with van der Waals surface area (Å²) in [5, 5.41) is 29.5. The first-order chi connectivity index (χ1) is 23.6. The first kappa shape index (κ1) is 35.0. The predicted molar refractivity (Wildman–Crippen MR) is 190 cm³/mol. The highest BCUT2D eigenvalue weighted by atomic mass is 32.2. The average molecular weight is 685 g/mol. The summed E-state index contributed by atoms with van der Waals surface area (Å²) < 4.78 is 0. The SMILES string of the molecule is CSCC[C@H](NC(=O)[C@H](Cc1c[nH]c2ccccc12)NC(=O)[C@@H](N)Cc1c[nH]c2ccccc12)C(=O)N[C@@H](Cc1ccc(O)cc1)C(=O)O. The standard InChI is InChI=1S/C36H40N6O6S/c1-49-15-14-30(34(45)42-32(36(47)48)16-21-10-12-24(43)13-11-21)40-35(46)31(18-23-20-39-29-9-5-3-7-26(23)29)41-33(44)27(37)17-22-19-38-28-8-4-2-6-25(22)28/h2-13,19-20,27,30-32,38-39,43H,14-18,37H2,1H3,(H,40,46)(H,41,44)(H,42,45)(H,47,48)/t27-,30-,31-,32-/m0/s1. The minimum absolute atomic E-state index is 0.0297. The van der Waals surface area contributed by atoms with Gasteiger partial charge in [0.2, 0.25) is 17.7 Å². The Kier molecular flexibility index (Phi) is 11.6. The molecule has 0 fully saturated rings. The zero-order valence-corrected chi connectivity index (χ0v) is 27.8. The van der Waals surface area contributed by atoms with Gasteiger partial charge in [0.05, 0.1) is 6.04 Å². The van der Waals surface area contributed by atoms with Crippen LogP contribution in [0, 0.1) is 0 Å². The van der Waals surface area contributed by atoms with Gasteiger partial charge in [-0.05, 0) is 65.8 Å². The van der Waals surface area contributed by atoms with Crippen molar-refractivity contribution < 1.29 is 29.4 Å². The van der Waals surface area contributed by atoms with Crippen molar-refractivity contribution in [2.45, 2.75) is 49.9 Å². The molecular weight excluding hydrogens is 644 g/mol. The second-order valence-electron chi connectivity index (χ2n) is 11.9. The number of nitrogens with two attached hydrogens (primary N) is 1. The van der Waals surface area contributed by atoms with Crippen molar-refractivity contribution in [2.24, 2.45) is 5.73 Å². The molecule has 3 aromatic carbocycles. The number of carboxylic acid groups (broad SMARTS) is 1. The first-order valence-corrected chi connectivity index (χ1v) is 17.3. The number of carboxylic acids is 1. The van der Waals surface area contributed by atoms with Gasteiger partial charge >= 0.3 is 5.97 Å². The van der Waals surface area contributed by atoms with Gasteiger partial charge in [0.15, 0.2) is 0 Å². The monoisotopic (exact) mass is 684 g/mol. The van der Waals surface area contributed by atoms with Crippen LogP contribution in [0.15, 0.2) is 85.2 Å². The average Bonchev–Trinajstić information content (AvgIpc) is 3.70. The van der Waals surface area contributed by atoms with Gasteiger partial charge in [-0.15, -0.1) is 0 Å². The number of phenols is 1. The topological polar surface area (TPSA) is 202 Å². The van der Waals surface area contributed by atoms with E-state index in [1.165, 1.54) is 23.9 Å². The highest BCUT2D eigenvalue weighted by molar-refractivity contribution is 7.98. The van der Waals surface area contributed by atoms with Crippen molar-refractivity contribution in [1.29, 1.82) is 0 Å². The highest BCUT2D eigenvalue weighted by Gasteiger charge is 2.31. The summed E-state index contributed by atoms with van der Waals surface area (Å²) in [5.41, 5.74) is 10.4. The van der Waals surface area contributed by atoms with Crippen molar-refractivity contribution in [3.63, 3.8) is 0 Å². The van der Waals surface area contributed by atoms with Crippen molar-refractivity contribution in [3.8, 4) is 5.75 Å². The normalized spacial score (nSPS) is 13.8. The second kappa shape index (κ2) is 16.2. The van der Waals surface area contributed by atoms with E-state index in [4.69, 9.17) is 5.73 Å². The third-order valence-electron chi connectivity index (χ3n) is 8.42. The van der Waals surface area contributed by atoms with Crippen LogP contribution >= 0.6 is 11.8 Å². The Bertz CT molecular complexity index is 1920. The van der Waals surface area contributed by atoms with Gasteiger partial charge in [-0.1, -0.05) is 48.5 Å². The maximum Gasteiger partial charge on any atom is 0.326 e. The fourth-order valence-electron chi connectivity index (χ4n) is 5.76. The van der Waals surface area contributed by atoms with Crippen LogP contribution in [0.4, 0.5) is 0 Å². The molecule has 49 heavy (non-hydrogen) atoms. The lowest BCUT2D eigenvalue weighted by Gasteiger charge is -2.25. The molecule has 9 N–H and O–H groups in total. The molecule has 0 spiro atoms. The number of fused-ring (bicyclic) bond motifs is 2. The number of carbonyl (C=O) groups is 4. The van der Waals surface area contributed by atoms with Crippen LogP contribution in [0.1, 0.15) is 23.1 Å². The maximum atomic E-state index is 14.0. The smallest absolute Gasteiger partial charge is 0.326 e. The lowest BCUT2D eigenvalue weighted by atomic mass is 10.0. The van der Waals surface area contributed by atoms with Gasteiger partial charge in [0.1, 0.15) is 23.9 Å². The molecule has 12 nitrogen and oxygen atoms in total. The molecule has 0 bridgehead atoms. The van der Waals surface area contributed by atoms with Gasteiger partial charge in [-0.3, -0.25) is 14.4 Å². The molecule has 0 unspecified atom stereocenters. The minimum Gasteiger partial charge on any atom is -0.508 e. The Balaban J connectivity index is 1.34. The van der Waals surface area contributed by atoms with Gasteiger partial charge in [-0.25, -0.2) is 4.79 Å². The molecule has 256 valence electrons. The van der Waals surface area contributed by atoms with Crippen LogP contribution < -0.4 is 21.7 Å². The number of thioether (sulfide) groups is 1. The van der Waals surface area contributed by atoms with Gasteiger partial charge in [0, 0.05) is 47.0 Å². The summed E-state index contributed by atoms with van der Waals surface area (Å²) >= 11 is 1.47. The number of carbonyl (C=O) groups excluding carboxylic acids is 3. The summed E-state index contributed by atoms with van der Waals surface area (Å²) in [7, 11) is 0. The fraction of sp³-hybridized carbons (Fsp3) is 0.278. The Morgan fingerprint density at radius 1 is 0.714 bits per heavy atom. The van der Waals surface area contributed by atoms with Crippen LogP contribution in [0.5, 0.6) is 5.75 Å². The Labute approximate surface area is 287 Å². The van der Waals surface area contributed by atoms with E-state index in [1.54, 1.807) is 18.3 Å². The van der Waals surface area contributed by atoms with Gasteiger partial charge in [-0.2, -0.15) is 11.8 Å². The quantitative estimate of drug-likeness (QED) is 0.0775. The Morgan fingerprint density at radius 2 is 1.24 bits per heavy atom. The fourth-order valence-corrected chi connectivity index (χ4v) is 6.23. The molecule has 13 heteroatoms. The van der Waals surface area contributed by atoms with E-state index >= 15 is 0 Å². The number of benzene rings is 3. The number of aromatic hydroxyl groups is 1. The lowest BCUT2D eigenvalue weighted by molar-refractivity contribution is -0.142. The molecule has 2 heterocycles.